The van der Waals surface area contributed by atoms with Crippen LogP contribution in [-0.2, 0) is 14.2 Å². The second-order valence-electron chi connectivity index (χ2n) is 5.25. The number of aliphatic hydroxyl groups is 1. The number of aliphatic hydroxyl groups excluding tert-OH is 1. The molecule has 9 nitrogen and oxygen atoms in total. The standard InChI is InChI=1S/C18H29NO8/c1-22-15-12-14(13-16(23-2)17(15)24-3)18(21)27-11-10-26-8-5-19-4-7-25-9-6-20/h12-13,19-20H,4-11H2,1-3H3. The highest BCUT2D eigenvalue weighted by molar-refractivity contribution is 5.91. The minimum absolute atomic E-state index is 0.0257. The number of nitrogens with one attached hydrogen (secondary N) is 1. The second kappa shape index (κ2) is 14.0. The molecule has 0 aromatic heterocycles. The summed E-state index contributed by atoms with van der Waals surface area (Å²) in [4.78, 5) is 12.2. The summed E-state index contributed by atoms with van der Waals surface area (Å²) in [6, 6.07) is 3.07. The molecule has 0 heterocycles. The van der Waals surface area contributed by atoms with E-state index in [1.54, 1.807) is 0 Å². The van der Waals surface area contributed by atoms with Crippen LogP contribution in [0.5, 0.6) is 17.2 Å². The van der Waals surface area contributed by atoms with Crippen molar-refractivity contribution in [1.29, 1.82) is 0 Å². The molecular formula is C18H29NO8. The van der Waals surface area contributed by atoms with Crippen LogP contribution in [0.1, 0.15) is 10.4 Å². The Morgan fingerprint density at radius 3 is 2.00 bits per heavy atom. The van der Waals surface area contributed by atoms with Gasteiger partial charge in [-0.3, -0.25) is 0 Å². The number of rotatable bonds is 15. The average molecular weight is 387 g/mol. The summed E-state index contributed by atoms with van der Waals surface area (Å²) in [7, 11) is 4.45. The van der Waals surface area contributed by atoms with E-state index in [-0.39, 0.29) is 13.2 Å². The lowest BCUT2D eigenvalue weighted by Gasteiger charge is -2.13. The number of hydrogen-bond acceptors (Lipinski definition) is 9. The van der Waals surface area contributed by atoms with Gasteiger partial charge in [0, 0.05) is 13.1 Å². The number of methoxy groups -OCH3 is 3. The zero-order valence-corrected chi connectivity index (χ0v) is 16.1. The minimum Gasteiger partial charge on any atom is -0.493 e. The molecule has 154 valence electrons. The van der Waals surface area contributed by atoms with Crippen molar-refractivity contribution in [3.63, 3.8) is 0 Å². The number of carbonyl (C=O) groups excluding carboxylic acids is 1. The van der Waals surface area contributed by atoms with Gasteiger partial charge in [-0.05, 0) is 12.1 Å². The first-order valence-corrected chi connectivity index (χ1v) is 8.62. The maximum Gasteiger partial charge on any atom is 0.338 e. The third-order valence-corrected chi connectivity index (χ3v) is 3.44. The predicted molar refractivity (Wildman–Crippen MR) is 98.0 cm³/mol. The van der Waals surface area contributed by atoms with Gasteiger partial charge in [0.1, 0.15) is 6.61 Å². The van der Waals surface area contributed by atoms with Crippen LogP contribution in [0.15, 0.2) is 12.1 Å². The van der Waals surface area contributed by atoms with Crippen LogP contribution < -0.4 is 19.5 Å². The quantitative estimate of drug-likeness (QED) is 0.328. The Bertz CT molecular complexity index is 527. The van der Waals surface area contributed by atoms with Crippen LogP contribution in [0.25, 0.3) is 0 Å². The fourth-order valence-electron chi connectivity index (χ4n) is 2.16. The Hall–Kier alpha value is -2.07. The van der Waals surface area contributed by atoms with Crippen LogP contribution in [0.4, 0.5) is 0 Å². The smallest absolute Gasteiger partial charge is 0.338 e. The molecule has 0 saturated carbocycles. The molecule has 1 aromatic carbocycles. The summed E-state index contributed by atoms with van der Waals surface area (Å²) >= 11 is 0. The monoisotopic (exact) mass is 387 g/mol. The molecule has 0 aliphatic rings. The topological polar surface area (TPSA) is 105 Å². The molecule has 27 heavy (non-hydrogen) atoms. The van der Waals surface area contributed by atoms with Gasteiger partial charge in [-0.2, -0.15) is 0 Å². The van der Waals surface area contributed by atoms with Crippen LogP contribution in [-0.4, -0.2) is 85.1 Å². The molecule has 0 fully saturated rings. The van der Waals surface area contributed by atoms with Gasteiger partial charge in [0.2, 0.25) is 5.75 Å². The lowest BCUT2D eigenvalue weighted by atomic mass is 10.2. The maximum absolute atomic E-state index is 12.2. The van der Waals surface area contributed by atoms with Gasteiger partial charge in [0.25, 0.3) is 0 Å². The molecule has 2 N–H and O–H groups in total. The van der Waals surface area contributed by atoms with E-state index in [1.807, 2.05) is 0 Å². The second-order valence-corrected chi connectivity index (χ2v) is 5.25. The fraction of sp³-hybridized carbons (Fsp3) is 0.611. The van der Waals surface area contributed by atoms with E-state index in [9.17, 15) is 4.79 Å². The number of benzene rings is 1. The van der Waals surface area contributed by atoms with Crippen molar-refractivity contribution in [2.75, 3.05) is 74.1 Å². The van der Waals surface area contributed by atoms with Crippen LogP contribution in [0, 0.1) is 0 Å². The van der Waals surface area contributed by atoms with Gasteiger partial charge < -0.3 is 38.8 Å². The Balaban J connectivity index is 2.27. The molecular weight excluding hydrogens is 358 g/mol. The summed E-state index contributed by atoms with van der Waals surface area (Å²) < 4.78 is 31.3. The largest absolute Gasteiger partial charge is 0.493 e. The molecule has 0 unspecified atom stereocenters. The predicted octanol–water partition coefficient (Wildman–Crippen LogP) is 0.484. The SMILES string of the molecule is COc1cc(C(=O)OCCOCCNCCOCCO)cc(OC)c1OC. The summed E-state index contributed by atoms with van der Waals surface area (Å²) in [5.74, 6) is 0.675. The Labute approximate surface area is 159 Å². The molecule has 0 bridgehead atoms. The fourth-order valence-corrected chi connectivity index (χ4v) is 2.16. The van der Waals surface area contributed by atoms with Crippen molar-refractivity contribution < 1.29 is 38.3 Å². The molecule has 0 amide bonds. The molecule has 0 atom stereocenters. The van der Waals surface area contributed by atoms with Crippen molar-refractivity contribution in [2.45, 2.75) is 0 Å². The first-order valence-electron chi connectivity index (χ1n) is 8.62. The van der Waals surface area contributed by atoms with E-state index >= 15 is 0 Å². The Kier molecular flexibility index (Phi) is 11.9. The van der Waals surface area contributed by atoms with E-state index < -0.39 is 5.97 Å². The molecule has 0 saturated heterocycles. The highest BCUT2D eigenvalue weighted by Crippen LogP contribution is 2.38. The molecule has 1 aromatic rings. The number of carbonyl (C=O) groups is 1. The molecule has 1 rings (SSSR count). The summed E-state index contributed by atoms with van der Waals surface area (Å²) in [6.07, 6.45) is 0. The molecule has 0 aliphatic heterocycles. The average Bonchev–Trinajstić information content (AvgIpc) is 2.70. The maximum atomic E-state index is 12.2. The van der Waals surface area contributed by atoms with Crippen molar-refractivity contribution in [3.8, 4) is 17.2 Å². The van der Waals surface area contributed by atoms with Gasteiger partial charge in [0.05, 0.1) is 59.9 Å². The van der Waals surface area contributed by atoms with Gasteiger partial charge in [-0.1, -0.05) is 0 Å². The van der Waals surface area contributed by atoms with E-state index in [0.717, 1.165) is 0 Å². The molecule has 0 spiro atoms. The van der Waals surface area contributed by atoms with Crippen molar-refractivity contribution in [1.82, 2.24) is 5.32 Å². The summed E-state index contributed by atoms with van der Waals surface area (Å²) in [5.41, 5.74) is 0.300. The van der Waals surface area contributed by atoms with Crippen molar-refractivity contribution in [2.24, 2.45) is 0 Å². The van der Waals surface area contributed by atoms with Crippen molar-refractivity contribution in [3.05, 3.63) is 17.7 Å². The van der Waals surface area contributed by atoms with Gasteiger partial charge in [-0.15, -0.1) is 0 Å². The van der Waals surface area contributed by atoms with Crippen LogP contribution in [0.2, 0.25) is 0 Å². The summed E-state index contributed by atoms with van der Waals surface area (Å²) in [6.45, 7) is 3.15. The van der Waals surface area contributed by atoms with Gasteiger partial charge in [0.15, 0.2) is 11.5 Å². The van der Waals surface area contributed by atoms with Crippen LogP contribution in [0.3, 0.4) is 0 Å². The Morgan fingerprint density at radius 1 is 0.889 bits per heavy atom. The first-order chi connectivity index (χ1) is 13.2. The first kappa shape index (κ1) is 23.0. The van der Waals surface area contributed by atoms with Crippen LogP contribution >= 0.6 is 0 Å². The Morgan fingerprint density at radius 2 is 1.48 bits per heavy atom. The highest BCUT2D eigenvalue weighted by atomic mass is 16.6. The highest BCUT2D eigenvalue weighted by Gasteiger charge is 2.17. The van der Waals surface area contributed by atoms with Gasteiger partial charge in [-0.25, -0.2) is 4.79 Å². The van der Waals surface area contributed by atoms with E-state index in [4.69, 9.17) is 33.5 Å². The van der Waals surface area contributed by atoms with E-state index in [2.05, 4.69) is 5.32 Å². The normalized spacial score (nSPS) is 10.5. The molecule has 9 heteroatoms. The summed E-state index contributed by atoms with van der Waals surface area (Å²) in [5, 5.41) is 11.7. The zero-order chi connectivity index (χ0) is 19.9. The zero-order valence-electron chi connectivity index (χ0n) is 16.1. The number of esters is 1. The third kappa shape index (κ3) is 8.44. The van der Waals surface area contributed by atoms with E-state index in [1.165, 1.54) is 33.5 Å². The van der Waals surface area contributed by atoms with Gasteiger partial charge >= 0.3 is 5.97 Å². The molecule has 0 aliphatic carbocycles. The third-order valence-electron chi connectivity index (χ3n) is 3.44. The lowest BCUT2D eigenvalue weighted by molar-refractivity contribution is 0.0318. The lowest BCUT2D eigenvalue weighted by Crippen LogP contribution is -2.25. The molecule has 0 radical (unpaired) electrons. The number of hydrogen-bond donors (Lipinski definition) is 2. The number of ether oxygens (including phenoxy) is 6. The van der Waals surface area contributed by atoms with Crippen molar-refractivity contribution >= 4 is 5.97 Å². The van der Waals surface area contributed by atoms with E-state index in [0.29, 0.717) is 62.3 Å². The minimum atomic E-state index is -0.503.